The summed E-state index contributed by atoms with van der Waals surface area (Å²) in [5, 5.41) is -0.241. The number of nitrogens with one attached hydrogen (secondary N) is 1. The van der Waals surface area contributed by atoms with Crippen molar-refractivity contribution < 1.29 is 8.42 Å². The van der Waals surface area contributed by atoms with Crippen molar-refractivity contribution >= 4 is 9.84 Å². The third-order valence-corrected chi connectivity index (χ3v) is 5.82. The lowest BCUT2D eigenvalue weighted by Gasteiger charge is -2.33. The molecule has 0 aromatic carbocycles. The second kappa shape index (κ2) is 6.20. The fraction of sp³-hybridized carbons (Fsp3) is 0.643. The van der Waals surface area contributed by atoms with Crippen LogP contribution in [0.4, 0.5) is 0 Å². The van der Waals surface area contributed by atoms with Gasteiger partial charge in [-0.25, -0.2) is 8.42 Å². The molecule has 0 amide bonds. The molecule has 0 radical (unpaired) electrons. The number of sulfone groups is 1. The van der Waals surface area contributed by atoms with E-state index in [2.05, 4.69) is 16.5 Å². The molecule has 3 atom stereocenters. The normalized spacial score (nSPS) is 25.4. The van der Waals surface area contributed by atoms with Crippen LogP contribution in [0, 0.1) is 12.8 Å². The first-order valence-electron chi connectivity index (χ1n) is 6.98. The van der Waals surface area contributed by atoms with Crippen LogP contribution < -0.4 is 11.3 Å². The van der Waals surface area contributed by atoms with E-state index in [1.165, 1.54) is 6.26 Å². The van der Waals surface area contributed by atoms with Crippen molar-refractivity contribution in [3.63, 3.8) is 0 Å². The summed E-state index contributed by atoms with van der Waals surface area (Å²) in [5.41, 5.74) is 4.97. The van der Waals surface area contributed by atoms with Crippen molar-refractivity contribution in [2.45, 2.75) is 43.9 Å². The minimum Gasteiger partial charge on any atom is -0.271 e. The van der Waals surface area contributed by atoms with Crippen molar-refractivity contribution in [3.8, 4) is 0 Å². The molecule has 6 heteroatoms. The second-order valence-corrected chi connectivity index (χ2v) is 8.14. The molecular weight excluding hydrogens is 274 g/mol. The zero-order valence-electron chi connectivity index (χ0n) is 12.0. The fourth-order valence-corrected chi connectivity index (χ4v) is 4.32. The van der Waals surface area contributed by atoms with Gasteiger partial charge in [0, 0.05) is 18.6 Å². The molecule has 1 aromatic rings. The van der Waals surface area contributed by atoms with Gasteiger partial charge in [0.05, 0.1) is 11.3 Å². The molecule has 3 N–H and O–H groups in total. The van der Waals surface area contributed by atoms with Gasteiger partial charge in [0.15, 0.2) is 0 Å². The topological polar surface area (TPSA) is 85.1 Å². The number of nitrogens with zero attached hydrogens (tertiary/aromatic N) is 1. The molecular formula is C14H23N3O2S. The van der Waals surface area contributed by atoms with E-state index in [-0.39, 0.29) is 17.2 Å². The number of hydrogen-bond donors (Lipinski definition) is 2. The van der Waals surface area contributed by atoms with Crippen LogP contribution in [0.5, 0.6) is 0 Å². The molecule has 0 aliphatic heterocycles. The highest BCUT2D eigenvalue weighted by Crippen LogP contribution is 2.36. The van der Waals surface area contributed by atoms with E-state index in [1.54, 1.807) is 6.20 Å². The number of aromatic nitrogens is 1. The van der Waals surface area contributed by atoms with Crippen LogP contribution in [-0.4, -0.2) is 24.9 Å². The lowest BCUT2D eigenvalue weighted by molar-refractivity contribution is 0.274. The minimum atomic E-state index is -2.98. The van der Waals surface area contributed by atoms with Crippen LogP contribution in [0.3, 0.4) is 0 Å². The van der Waals surface area contributed by atoms with E-state index < -0.39 is 9.84 Å². The Labute approximate surface area is 120 Å². The Kier molecular flexibility index (Phi) is 4.78. The summed E-state index contributed by atoms with van der Waals surface area (Å²) in [6, 6.07) is 2.02. The highest BCUT2D eigenvalue weighted by Gasteiger charge is 2.33. The maximum Gasteiger partial charge on any atom is 0.150 e. The maximum absolute atomic E-state index is 11.8. The van der Waals surface area contributed by atoms with Crippen molar-refractivity contribution in [1.29, 1.82) is 0 Å². The van der Waals surface area contributed by atoms with Gasteiger partial charge in [-0.05, 0) is 43.2 Å². The molecule has 0 saturated heterocycles. The van der Waals surface area contributed by atoms with E-state index in [9.17, 15) is 8.42 Å². The summed E-state index contributed by atoms with van der Waals surface area (Å²) < 4.78 is 23.5. The summed E-state index contributed by atoms with van der Waals surface area (Å²) in [5.74, 6) is 5.95. The first-order valence-corrected chi connectivity index (χ1v) is 8.94. The maximum atomic E-state index is 11.8. The number of hydrazine groups is 1. The Balaban J connectivity index is 2.19. The molecule has 1 fully saturated rings. The third kappa shape index (κ3) is 3.56. The number of hydrogen-bond acceptors (Lipinski definition) is 5. The van der Waals surface area contributed by atoms with Crippen LogP contribution in [0.1, 0.15) is 42.9 Å². The standard InChI is InChI=1S/C14H23N3O2S/c1-10-6-12(9-16-8-10)14(17-15)11-4-3-5-13(7-11)20(2,18)19/h6,8-9,11,13-14,17H,3-5,7,15H2,1-2H3. The van der Waals surface area contributed by atoms with Gasteiger partial charge < -0.3 is 0 Å². The third-order valence-electron chi connectivity index (χ3n) is 4.18. The van der Waals surface area contributed by atoms with E-state index in [0.717, 1.165) is 30.4 Å². The Hall–Kier alpha value is -0.980. The molecule has 2 rings (SSSR count). The Bertz CT molecular complexity index is 559. The molecule has 1 aliphatic rings. The monoisotopic (exact) mass is 297 g/mol. The van der Waals surface area contributed by atoms with Gasteiger partial charge in [-0.1, -0.05) is 12.5 Å². The first-order chi connectivity index (χ1) is 9.41. The number of pyridine rings is 1. The number of nitrogens with two attached hydrogens (primary N) is 1. The van der Waals surface area contributed by atoms with E-state index in [4.69, 9.17) is 5.84 Å². The first kappa shape index (κ1) is 15.4. The average molecular weight is 297 g/mol. The molecule has 1 aliphatic carbocycles. The summed E-state index contributed by atoms with van der Waals surface area (Å²) in [7, 11) is -2.98. The molecule has 1 aromatic heterocycles. The highest BCUT2D eigenvalue weighted by atomic mass is 32.2. The fourth-order valence-electron chi connectivity index (χ4n) is 3.13. The van der Waals surface area contributed by atoms with E-state index >= 15 is 0 Å². The summed E-state index contributed by atoms with van der Waals surface area (Å²) in [6.07, 6.45) is 8.30. The quantitative estimate of drug-likeness (QED) is 0.650. The summed E-state index contributed by atoms with van der Waals surface area (Å²) in [4.78, 5) is 4.20. The Morgan fingerprint density at radius 1 is 1.40 bits per heavy atom. The van der Waals surface area contributed by atoms with E-state index in [1.807, 2.05) is 13.1 Å². The van der Waals surface area contributed by atoms with Crippen molar-refractivity contribution in [2.24, 2.45) is 11.8 Å². The van der Waals surface area contributed by atoms with Crippen LogP contribution in [-0.2, 0) is 9.84 Å². The minimum absolute atomic E-state index is 0.0352. The molecule has 3 unspecified atom stereocenters. The zero-order chi connectivity index (χ0) is 14.8. The molecule has 112 valence electrons. The van der Waals surface area contributed by atoms with Gasteiger partial charge in [0.25, 0.3) is 0 Å². The number of aryl methyl sites for hydroxylation is 1. The molecule has 5 nitrogen and oxygen atoms in total. The predicted molar refractivity (Wildman–Crippen MR) is 79.6 cm³/mol. The predicted octanol–water partition coefficient (Wildman–Crippen LogP) is 1.50. The lowest BCUT2D eigenvalue weighted by Crippen LogP contribution is -2.38. The van der Waals surface area contributed by atoms with Crippen molar-refractivity contribution in [1.82, 2.24) is 10.4 Å². The van der Waals surface area contributed by atoms with Gasteiger partial charge in [0.2, 0.25) is 0 Å². The van der Waals surface area contributed by atoms with Gasteiger partial charge in [-0.2, -0.15) is 0 Å². The van der Waals surface area contributed by atoms with Crippen LogP contribution in [0.25, 0.3) is 0 Å². The van der Waals surface area contributed by atoms with E-state index in [0.29, 0.717) is 6.42 Å². The highest BCUT2D eigenvalue weighted by molar-refractivity contribution is 7.91. The Morgan fingerprint density at radius 2 is 2.15 bits per heavy atom. The molecule has 0 bridgehead atoms. The van der Waals surface area contributed by atoms with Gasteiger partial charge in [0.1, 0.15) is 9.84 Å². The van der Waals surface area contributed by atoms with Crippen molar-refractivity contribution in [2.75, 3.05) is 6.26 Å². The van der Waals surface area contributed by atoms with Crippen molar-refractivity contribution in [3.05, 3.63) is 29.6 Å². The molecule has 1 saturated carbocycles. The smallest absolute Gasteiger partial charge is 0.150 e. The zero-order valence-corrected chi connectivity index (χ0v) is 12.9. The number of rotatable bonds is 4. The SMILES string of the molecule is Cc1cncc(C(NN)C2CCCC(S(C)(=O)=O)C2)c1. The van der Waals surface area contributed by atoms with Crippen LogP contribution >= 0.6 is 0 Å². The van der Waals surface area contributed by atoms with Crippen LogP contribution in [0.15, 0.2) is 18.5 Å². The summed E-state index contributed by atoms with van der Waals surface area (Å²) >= 11 is 0. The lowest BCUT2D eigenvalue weighted by atomic mass is 9.81. The largest absolute Gasteiger partial charge is 0.271 e. The second-order valence-electron chi connectivity index (χ2n) is 5.82. The van der Waals surface area contributed by atoms with Crippen LogP contribution in [0.2, 0.25) is 0 Å². The molecule has 1 heterocycles. The average Bonchev–Trinajstić information content (AvgIpc) is 2.39. The molecule has 0 spiro atoms. The summed E-state index contributed by atoms with van der Waals surface area (Å²) in [6.45, 7) is 1.99. The van der Waals surface area contributed by atoms with Gasteiger partial charge in [-0.15, -0.1) is 0 Å². The van der Waals surface area contributed by atoms with Gasteiger partial charge in [-0.3, -0.25) is 16.3 Å². The Morgan fingerprint density at radius 3 is 2.75 bits per heavy atom. The molecule has 20 heavy (non-hydrogen) atoms. The van der Waals surface area contributed by atoms with Gasteiger partial charge >= 0.3 is 0 Å².